The molecule has 0 spiro atoms. The first-order chi connectivity index (χ1) is 9.31. The van der Waals surface area contributed by atoms with Gasteiger partial charge in [0.2, 0.25) is 0 Å². The fourth-order valence-electron chi connectivity index (χ4n) is 3.65. The lowest BCUT2D eigenvalue weighted by Crippen LogP contribution is -2.33. The molecule has 110 valence electrons. The van der Waals surface area contributed by atoms with Crippen LogP contribution in [0.15, 0.2) is 0 Å². The second kappa shape index (κ2) is 10.3. The summed E-state index contributed by atoms with van der Waals surface area (Å²) in [4.78, 5) is 0. The van der Waals surface area contributed by atoms with Gasteiger partial charge in [0.05, 0.1) is 0 Å². The van der Waals surface area contributed by atoms with Gasteiger partial charge in [-0.05, 0) is 62.9 Å². The number of nitrogens with one attached hydrogen (secondary N) is 1. The van der Waals surface area contributed by atoms with Crippen LogP contribution < -0.4 is 5.32 Å². The largest absolute Gasteiger partial charge is 0.316 e. The molecular weight excluding hydrogens is 230 g/mol. The predicted octanol–water partition coefficient (Wildman–Crippen LogP) is 4.62. The summed E-state index contributed by atoms with van der Waals surface area (Å²) in [5, 5.41) is 3.63. The Bertz CT molecular complexity index is 253. The van der Waals surface area contributed by atoms with Crippen molar-refractivity contribution in [3.63, 3.8) is 0 Å². The summed E-state index contributed by atoms with van der Waals surface area (Å²) in [6.07, 6.45) is 17.3. The van der Waals surface area contributed by atoms with Gasteiger partial charge < -0.3 is 5.32 Å². The van der Waals surface area contributed by atoms with Crippen molar-refractivity contribution in [2.75, 3.05) is 13.1 Å². The van der Waals surface area contributed by atoms with Crippen LogP contribution in [0.1, 0.15) is 71.6 Å². The van der Waals surface area contributed by atoms with Gasteiger partial charge in [-0.3, -0.25) is 0 Å². The second-order valence-corrected chi connectivity index (χ2v) is 6.29. The molecule has 0 aromatic rings. The summed E-state index contributed by atoms with van der Waals surface area (Å²) in [6, 6.07) is 0. The summed E-state index contributed by atoms with van der Waals surface area (Å²) in [7, 11) is 0. The van der Waals surface area contributed by atoms with Gasteiger partial charge in [-0.25, -0.2) is 0 Å². The lowest BCUT2D eigenvalue weighted by molar-refractivity contribution is 0.158. The summed E-state index contributed by atoms with van der Waals surface area (Å²) < 4.78 is 0. The molecule has 0 aromatic carbocycles. The Morgan fingerprint density at radius 1 is 1.11 bits per heavy atom. The van der Waals surface area contributed by atoms with E-state index in [1.165, 1.54) is 64.5 Å². The van der Waals surface area contributed by atoms with E-state index in [1.54, 1.807) is 0 Å². The Balaban J connectivity index is 2.40. The minimum Gasteiger partial charge on any atom is -0.316 e. The SMILES string of the molecule is C#CCCCC1CC(CCC)CCC1CNCCC. The maximum absolute atomic E-state index is 5.39. The van der Waals surface area contributed by atoms with Gasteiger partial charge in [0.1, 0.15) is 0 Å². The second-order valence-electron chi connectivity index (χ2n) is 6.29. The molecule has 3 unspecified atom stereocenters. The van der Waals surface area contributed by atoms with Crippen molar-refractivity contribution in [2.24, 2.45) is 17.8 Å². The number of unbranched alkanes of at least 4 members (excludes halogenated alkanes) is 1. The molecule has 1 saturated carbocycles. The van der Waals surface area contributed by atoms with Gasteiger partial charge in [-0.15, -0.1) is 12.3 Å². The van der Waals surface area contributed by atoms with E-state index in [4.69, 9.17) is 6.42 Å². The van der Waals surface area contributed by atoms with Crippen molar-refractivity contribution < 1.29 is 0 Å². The highest BCUT2D eigenvalue weighted by Gasteiger charge is 2.29. The predicted molar refractivity (Wildman–Crippen MR) is 85.1 cm³/mol. The fourth-order valence-corrected chi connectivity index (χ4v) is 3.65. The van der Waals surface area contributed by atoms with Gasteiger partial charge in [0, 0.05) is 6.42 Å². The molecule has 3 atom stereocenters. The highest BCUT2D eigenvalue weighted by atomic mass is 14.9. The van der Waals surface area contributed by atoms with Crippen molar-refractivity contribution >= 4 is 0 Å². The van der Waals surface area contributed by atoms with Crippen molar-refractivity contribution in [1.82, 2.24) is 5.32 Å². The van der Waals surface area contributed by atoms with Gasteiger partial charge >= 0.3 is 0 Å². The Morgan fingerprint density at radius 3 is 2.63 bits per heavy atom. The van der Waals surface area contributed by atoms with E-state index in [-0.39, 0.29) is 0 Å². The van der Waals surface area contributed by atoms with E-state index < -0.39 is 0 Å². The van der Waals surface area contributed by atoms with E-state index >= 15 is 0 Å². The molecule has 1 N–H and O–H groups in total. The van der Waals surface area contributed by atoms with Crippen LogP contribution >= 0.6 is 0 Å². The molecule has 0 aromatic heterocycles. The molecule has 0 amide bonds. The summed E-state index contributed by atoms with van der Waals surface area (Å²) >= 11 is 0. The van der Waals surface area contributed by atoms with E-state index in [0.29, 0.717) is 0 Å². The van der Waals surface area contributed by atoms with Crippen molar-refractivity contribution in [3.05, 3.63) is 0 Å². The van der Waals surface area contributed by atoms with Crippen molar-refractivity contribution in [1.29, 1.82) is 0 Å². The molecule has 19 heavy (non-hydrogen) atoms. The van der Waals surface area contributed by atoms with Crippen LogP contribution in [0.5, 0.6) is 0 Å². The third kappa shape index (κ3) is 6.48. The molecule has 0 heterocycles. The highest BCUT2D eigenvalue weighted by Crippen LogP contribution is 2.38. The fraction of sp³-hybridized carbons (Fsp3) is 0.889. The topological polar surface area (TPSA) is 12.0 Å². The summed E-state index contributed by atoms with van der Waals surface area (Å²) in [5.41, 5.74) is 0. The summed E-state index contributed by atoms with van der Waals surface area (Å²) in [5.74, 6) is 5.60. The minimum absolute atomic E-state index is 0.900. The van der Waals surface area contributed by atoms with E-state index in [2.05, 4.69) is 25.1 Å². The van der Waals surface area contributed by atoms with Crippen LogP contribution in [0.2, 0.25) is 0 Å². The standard InChI is InChI=1S/C18H33N/c1-4-7-8-10-17-14-16(9-5-2)11-12-18(17)15-19-13-6-3/h1,16-19H,5-15H2,2-3H3. The molecule has 1 aliphatic rings. The molecule has 1 fully saturated rings. The van der Waals surface area contributed by atoms with Crippen LogP contribution in [0.25, 0.3) is 0 Å². The lowest BCUT2D eigenvalue weighted by Gasteiger charge is -2.36. The lowest BCUT2D eigenvalue weighted by atomic mass is 9.71. The van der Waals surface area contributed by atoms with Crippen LogP contribution in [0.3, 0.4) is 0 Å². The zero-order valence-electron chi connectivity index (χ0n) is 13.1. The Hall–Kier alpha value is -0.480. The molecular formula is C18H33N. The third-order valence-electron chi connectivity index (χ3n) is 4.67. The van der Waals surface area contributed by atoms with Crippen molar-refractivity contribution in [2.45, 2.75) is 71.6 Å². The number of hydrogen-bond acceptors (Lipinski definition) is 1. The number of terminal acetylenes is 1. The average molecular weight is 263 g/mol. The zero-order valence-corrected chi connectivity index (χ0v) is 13.1. The van der Waals surface area contributed by atoms with Crippen molar-refractivity contribution in [3.8, 4) is 12.3 Å². The Morgan fingerprint density at radius 2 is 1.95 bits per heavy atom. The molecule has 1 nitrogen and oxygen atoms in total. The van der Waals surface area contributed by atoms with Gasteiger partial charge in [0.15, 0.2) is 0 Å². The number of hydrogen-bond donors (Lipinski definition) is 1. The molecule has 0 radical (unpaired) electrons. The molecule has 1 aliphatic carbocycles. The van der Waals surface area contributed by atoms with E-state index in [9.17, 15) is 0 Å². The quantitative estimate of drug-likeness (QED) is 0.473. The smallest absolute Gasteiger partial charge is 0.00861 e. The maximum atomic E-state index is 5.39. The first kappa shape index (κ1) is 16.6. The monoisotopic (exact) mass is 263 g/mol. The molecule has 0 bridgehead atoms. The maximum Gasteiger partial charge on any atom is 0.00861 e. The zero-order chi connectivity index (χ0) is 13.9. The van der Waals surface area contributed by atoms with E-state index in [1.807, 2.05) is 0 Å². The van der Waals surface area contributed by atoms with Crippen LogP contribution in [0.4, 0.5) is 0 Å². The normalized spacial score (nSPS) is 27.1. The highest BCUT2D eigenvalue weighted by molar-refractivity contribution is 4.86. The molecule has 0 saturated heterocycles. The van der Waals surface area contributed by atoms with Crippen LogP contribution in [-0.2, 0) is 0 Å². The van der Waals surface area contributed by atoms with Gasteiger partial charge in [-0.2, -0.15) is 0 Å². The Kier molecular flexibility index (Phi) is 9.01. The van der Waals surface area contributed by atoms with E-state index in [0.717, 1.165) is 24.2 Å². The number of rotatable bonds is 9. The third-order valence-corrected chi connectivity index (χ3v) is 4.67. The van der Waals surface area contributed by atoms with Gasteiger partial charge in [0.25, 0.3) is 0 Å². The summed E-state index contributed by atoms with van der Waals surface area (Å²) in [6.45, 7) is 6.97. The molecule has 1 heteroatoms. The van der Waals surface area contributed by atoms with Crippen LogP contribution in [-0.4, -0.2) is 13.1 Å². The first-order valence-corrected chi connectivity index (χ1v) is 8.45. The van der Waals surface area contributed by atoms with Crippen LogP contribution in [0, 0.1) is 30.1 Å². The average Bonchev–Trinajstić information content (AvgIpc) is 2.42. The minimum atomic E-state index is 0.900. The first-order valence-electron chi connectivity index (χ1n) is 8.45. The molecule has 0 aliphatic heterocycles. The Labute approximate surface area is 120 Å². The molecule has 1 rings (SSSR count). The van der Waals surface area contributed by atoms with Gasteiger partial charge in [-0.1, -0.05) is 33.1 Å².